The van der Waals surface area contributed by atoms with E-state index in [2.05, 4.69) is 0 Å². The quantitative estimate of drug-likeness (QED) is 0.510. The summed E-state index contributed by atoms with van der Waals surface area (Å²) in [7, 11) is 0. The van der Waals surface area contributed by atoms with Crippen LogP contribution in [0.5, 0.6) is 0 Å². The number of alkyl halides is 2. The lowest BCUT2D eigenvalue weighted by atomic mass is 9.81. The first kappa shape index (κ1) is 23.1. The molecule has 1 fully saturated rings. The minimum atomic E-state index is -3.34. The van der Waals surface area contributed by atoms with Crippen LogP contribution in [0.15, 0.2) is 0 Å². The van der Waals surface area contributed by atoms with Gasteiger partial charge in [-0.3, -0.25) is 9.59 Å². The molecular formula is C18H29F2NO6. The second-order valence-electron chi connectivity index (χ2n) is 7.47. The maximum Gasteiger partial charge on any atom is 0.410 e. The van der Waals surface area contributed by atoms with Crippen molar-refractivity contribution in [2.45, 2.75) is 59.0 Å². The third-order valence-corrected chi connectivity index (χ3v) is 4.06. The molecule has 0 bridgehead atoms. The molecule has 156 valence electrons. The Bertz CT molecular complexity index is 514. The molecule has 0 saturated carbocycles. The number of hydrogen-bond acceptors (Lipinski definition) is 6. The fraction of sp³-hybridized carbons (Fsp3) is 0.833. The Balaban J connectivity index is 3.03. The summed E-state index contributed by atoms with van der Waals surface area (Å²) in [6.07, 6.45) is -1.88. The van der Waals surface area contributed by atoms with E-state index in [0.717, 1.165) is 4.90 Å². The Morgan fingerprint density at radius 2 is 1.37 bits per heavy atom. The molecule has 0 aromatic rings. The Kier molecular flexibility index (Phi) is 7.98. The lowest BCUT2D eigenvalue weighted by molar-refractivity contribution is -0.175. The minimum absolute atomic E-state index is 0.0686. The van der Waals surface area contributed by atoms with E-state index in [1.54, 1.807) is 34.6 Å². The van der Waals surface area contributed by atoms with E-state index in [1.807, 2.05) is 0 Å². The summed E-state index contributed by atoms with van der Waals surface area (Å²) in [5.41, 5.74) is -0.801. The van der Waals surface area contributed by atoms with E-state index in [-0.39, 0.29) is 26.3 Å². The third-order valence-electron chi connectivity index (χ3n) is 4.06. The van der Waals surface area contributed by atoms with E-state index in [4.69, 9.17) is 14.2 Å². The average molecular weight is 393 g/mol. The van der Waals surface area contributed by atoms with Crippen LogP contribution < -0.4 is 0 Å². The summed E-state index contributed by atoms with van der Waals surface area (Å²) >= 11 is 0. The van der Waals surface area contributed by atoms with Gasteiger partial charge in [0.15, 0.2) is 0 Å². The summed E-state index contributed by atoms with van der Waals surface area (Å²) < 4.78 is 44.6. The predicted molar refractivity (Wildman–Crippen MR) is 92.2 cm³/mol. The number of esters is 2. The molecule has 27 heavy (non-hydrogen) atoms. The number of amides is 1. The fourth-order valence-electron chi connectivity index (χ4n) is 2.90. The monoisotopic (exact) mass is 393 g/mol. The van der Waals surface area contributed by atoms with Crippen molar-refractivity contribution in [1.29, 1.82) is 0 Å². The molecule has 0 unspecified atom stereocenters. The highest BCUT2D eigenvalue weighted by Gasteiger charge is 2.54. The number of halogens is 2. The molecular weight excluding hydrogens is 364 g/mol. The first-order chi connectivity index (χ1) is 12.4. The smallest absolute Gasteiger partial charge is 0.410 e. The van der Waals surface area contributed by atoms with E-state index >= 15 is 0 Å². The number of carbonyl (C=O) groups is 3. The molecule has 1 amide bonds. The van der Waals surface area contributed by atoms with E-state index in [1.165, 1.54) is 0 Å². The van der Waals surface area contributed by atoms with Gasteiger partial charge in [0.25, 0.3) is 5.92 Å². The number of hydrogen-bond donors (Lipinski definition) is 0. The van der Waals surface area contributed by atoms with Gasteiger partial charge >= 0.3 is 18.0 Å². The van der Waals surface area contributed by atoms with Crippen molar-refractivity contribution >= 4 is 18.0 Å². The number of rotatable bonds is 6. The van der Waals surface area contributed by atoms with Crippen molar-refractivity contribution in [2.24, 2.45) is 11.8 Å². The van der Waals surface area contributed by atoms with Crippen LogP contribution in [0.3, 0.4) is 0 Å². The molecule has 1 rings (SSSR count). The molecule has 0 N–H and O–H groups in total. The Hall–Kier alpha value is -1.93. The van der Waals surface area contributed by atoms with Gasteiger partial charge in [0.05, 0.1) is 37.9 Å². The van der Waals surface area contributed by atoms with Gasteiger partial charge in [0.2, 0.25) is 0 Å². The van der Waals surface area contributed by atoms with Crippen LogP contribution in [0.4, 0.5) is 13.6 Å². The molecule has 1 aliphatic heterocycles. The van der Waals surface area contributed by atoms with Crippen LogP contribution in [0.25, 0.3) is 0 Å². The topological polar surface area (TPSA) is 82.1 Å². The van der Waals surface area contributed by atoms with Crippen molar-refractivity contribution in [3.8, 4) is 0 Å². The van der Waals surface area contributed by atoms with Crippen molar-refractivity contribution in [3.05, 3.63) is 0 Å². The Labute approximate surface area is 158 Å². The van der Waals surface area contributed by atoms with Crippen LogP contribution in [0, 0.1) is 11.8 Å². The molecule has 1 saturated heterocycles. The summed E-state index contributed by atoms with van der Waals surface area (Å²) in [6, 6.07) is 0. The van der Waals surface area contributed by atoms with Gasteiger partial charge in [-0.05, 0) is 34.6 Å². The standard InChI is InChI=1S/C18H29F2NO6/c1-6-25-14(22)8-12-10-21(16(24)27-17(3,4)5)11-13(18(12,19)20)9-15(23)26-7-2/h12-13H,6-11H2,1-5H3/t12-,13-/m0/s1. The molecule has 9 heteroatoms. The molecule has 0 spiro atoms. The van der Waals surface area contributed by atoms with Crippen molar-refractivity contribution in [3.63, 3.8) is 0 Å². The normalized spacial score (nSPS) is 22.1. The van der Waals surface area contributed by atoms with E-state index < -0.39 is 54.2 Å². The number of ether oxygens (including phenoxy) is 3. The number of piperidine rings is 1. The third kappa shape index (κ3) is 6.95. The fourth-order valence-corrected chi connectivity index (χ4v) is 2.90. The highest BCUT2D eigenvalue weighted by molar-refractivity contribution is 5.72. The van der Waals surface area contributed by atoms with Crippen LogP contribution in [0.1, 0.15) is 47.5 Å². The molecule has 7 nitrogen and oxygen atoms in total. The number of nitrogens with zero attached hydrogens (tertiary/aromatic N) is 1. The van der Waals surface area contributed by atoms with Gasteiger partial charge in [-0.15, -0.1) is 0 Å². The second-order valence-corrected chi connectivity index (χ2v) is 7.47. The van der Waals surface area contributed by atoms with Gasteiger partial charge < -0.3 is 19.1 Å². The zero-order valence-electron chi connectivity index (χ0n) is 16.5. The first-order valence-corrected chi connectivity index (χ1v) is 9.07. The Morgan fingerprint density at radius 3 is 1.70 bits per heavy atom. The van der Waals surface area contributed by atoms with Gasteiger partial charge in [-0.2, -0.15) is 0 Å². The zero-order chi connectivity index (χ0) is 20.8. The van der Waals surface area contributed by atoms with Gasteiger partial charge in [-0.25, -0.2) is 13.6 Å². The van der Waals surface area contributed by atoms with Crippen molar-refractivity contribution in [2.75, 3.05) is 26.3 Å². The molecule has 1 aliphatic rings. The maximum absolute atomic E-state index is 14.9. The maximum atomic E-state index is 14.9. The summed E-state index contributed by atoms with van der Waals surface area (Å²) in [4.78, 5) is 37.0. The molecule has 0 aliphatic carbocycles. The second kappa shape index (κ2) is 9.32. The van der Waals surface area contributed by atoms with Gasteiger partial charge in [0, 0.05) is 13.1 Å². The molecule has 1 heterocycles. The number of carbonyl (C=O) groups excluding carboxylic acids is 3. The van der Waals surface area contributed by atoms with Crippen molar-refractivity contribution in [1.82, 2.24) is 4.90 Å². The van der Waals surface area contributed by atoms with Crippen molar-refractivity contribution < 1.29 is 37.4 Å². The highest BCUT2D eigenvalue weighted by atomic mass is 19.3. The van der Waals surface area contributed by atoms with Gasteiger partial charge in [0.1, 0.15) is 5.60 Å². The summed E-state index contributed by atoms with van der Waals surface area (Å²) in [5, 5.41) is 0. The average Bonchev–Trinajstić information content (AvgIpc) is 2.50. The van der Waals surface area contributed by atoms with Crippen LogP contribution in [0.2, 0.25) is 0 Å². The zero-order valence-corrected chi connectivity index (χ0v) is 16.5. The molecule has 2 atom stereocenters. The Morgan fingerprint density at radius 1 is 0.963 bits per heavy atom. The van der Waals surface area contributed by atoms with Crippen LogP contribution in [-0.4, -0.2) is 60.8 Å². The predicted octanol–water partition coefficient (Wildman–Crippen LogP) is 3.01. The minimum Gasteiger partial charge on any atom is -0.466 e. The van der Waals surface area contributed by atoms with Crippen LogP contribution in [-0.2, 0) is 23.8 Å². The summed E-state index contributed by atoms with van der Waals surface area (Å²) in [6.45, 7) is 7.56. The number of likely N-dealkylation sites (tertiary alicyclic amines) is 1. The van der Waals surface area contributed by atoms with E-state index in [9.17, 15) is 23.2 Å². The highest BCUT2D eigenvalue weighted by Crippen LogP contribution is 2.42. The SMILES string of the molecule is CCOC(=O)C[C@H]1CN(C(=O)OC(C)(C)C)C[C@H](CC(=O)OCC)C1(F)F. The molecule has 0 aromatic heterocycles. The molecule has 0 aromatic carbocycles. The van der Waals surface area contributed by atoms with Crippen LogP contribution >= 0.6 is 0 Å². The lowest BCUT2D eigenvalue weighted by Gasteiger charge is -2.43. The molecule has 0 radical (unpaired) electrons. The largest absolute Gasteiger partial charge is 0.466 e. The van der Waals surface area contributed by atoms with E-state index in [0.29, 0.717) is 0 Å². The summed E-state index contributed by atoms with van der Waals surface area (Å²) in [5.74, 6) is -7.83. The van der Waals surface area contributed by atoms with Gasteiger partial charge in [-0.1, -0.05) is 0 Å². The first-order valence-electron chi connectivity index (χ1n) is 9.07. The lowest BCUT2D eigenvalue weighted by Crippen LogP contribution is -2.56.